The van der Waals surface area contributed by atoms with Crippen LogP contribution in [0.2, 0.25) is 0 Å². The van der Waals surface area contributed by atoms with Gasteiger partial charge in [0.15, 0.2) is 5.78 Å². The van der Waals surface area contributed by atoms with Gasteiger partial charge < -0.3 is 4.90 Å². The van der Waals surface area contributed by atoms with Crippen molar-refractivity contribution >= 4 is 5.78 Å². The number of nitrogens with zero attached hydrogens (tertiary/aromatic N) is 1. The molecule has 0 amide bonds. The minimum absolute atomic E-state index is 0.258. The largest absolute Gasteiger partial charge is 0.309 e. The van der Waals surface area contributed by atoms with Crippen LogP contribution in [-0.4, -0.2) is 31.3 Å². The average molecular weight is 195 g/mol. The van der Waals surface area contributed by atoms with Crippen molar-refractivity contribution in [2.24, 2.45) is 5.92 Å². The van der Waals surface area contributed by atoms with Gasteiger partial charge in [-0.2, -0.15) is 0 Å². The Kier molecular flexibility index (Phi) is 4.33. The zero-order valence-corrected chi connectivity index (χ0v) is 9.55. The van der Waals surface area contributed by atoms with Crippen molar-refractivity contribution < 1.29 is 4.79 Å². The summed E-state index contributed by atoms with van der Waals surface area (Å²) in [6.45, 7) is 3.05. The third-order valence-electron chi connectivity index (χ3n) is 2.71. The molecule has 14 heavy (non-hydrogen) atoms. The van der Waals surface area contributed by atoms with Gasteiger partial charge in [-0.15, -0.1) is 0 Å². The number of unbranched alkanes of at least 4 members (excludes halogenated alkanes) is 1. The lowest BCUT2D eigenvalue weighted by molar-refractivity contribution is -0.118. The maximum absolute atomic E-state index is 11.9. The second-order valence-corrected chi connectivity index (χ2v) is 4.38. The van der Waals surface area contributed by atoms with Crippen LogP contribution in [0.3, 0.4) is 0 Å². The minimum Gasteiger partial charge on any atom is -0.309 e. The van der Waals surface area contributed by atoms with Gasteiger partial charge in [0.05, 0.1) is 0 Å². The van der Waals surface area contributed by atoms with Crippen LogP contribution >= 0.6 is 0 Å². The first kappa shape index (κ1) is 11.4. The van der Waals surface area contributed by atoms with E-state index in [0.717, 1.165) is 37.8 Å². The monoisotopic (exact) mass is 195 g/mol. The maximum Gasteiger partial charge on any atom is 0.162 e. The second-order valence-electron chi connectivity index (χ2n) is 4.38. The first-order valence-electron chi connectivity index (χ1n) is 5.53. The van der Waals surface area contributed by atoms with Crippen molar-refractivity contribution in [3.05, 3.63) is 11.6 Å². The van der Waals surface area contributed by atoms with Crippen LogP contribution in [0.1, 0.15) is 32.6 Å². The summed E-state index contributed by atoms with van der Waals surface area (Å²) < 4.78 is 0. The van der Waals surface area contributed by atoms with Crippen molar-refractivity contribution in [2.45, 2.75) is 32.6 Å². The van der Waals surface area contributed by atoms with Crippen molar-refractivity contribution in [3.8, 4) is 0 Å². The fourth-order valence-electron chi connectivity index (χ4n) is 1.98. The van der Waals surface area contributed by atoms with Gasteiger partial charge in [-0.25, -0.2) is 0 Å². The summed E-state index contributed by atoms with van der Waals surface area (Å²) in [5.74, 6) is 0.653. The lowest BCUT2D eigenvalue weighted by Crippen LogP contribution is -2.24. The Labute approximate surface area is 87.0 Å². The van der Waals surface area contributed by atoms with E-state index in [2.05, 4.69) is 17.9 Å². The molecule has 1 aliphatic rings. The smallest absolute Gasteiger partial charge is 0.162 e. The zero-order valence-electron chi connectivity index (χ0n) is 9.55. The molecule has 0 radical (unpaired) electrons. The van der Waals surface area contributed by atoms with E-state index in [-0.39, 0.29) is 5.92 Å². The Balaban J connectivity index is 2.51. The normalized spacial score (nSPS) is 25.3. The average Bonchev–Trinajstić information content (AvgIpc) is 2.45. The van der Waals surface area contributed by atoms with Crippen LogP contribution in [0.25, 0.3) is 0 Å². The summed E-state index contributed by atoms with van der Waals surface area (Å²) in [6.07, 6.45) is 6.37. The summed E-state index contributed by atoms with van der Waals surface area (Å²) >= 11 is 0. The van der Waals surface area contributed by atoms with Crippen molar-refractivity contribution in [1.29, 1.82) is 0 Å². The second kappa shape index (κ2) is 5.30. The Morgan fingerprint density at radius 2 is 2.21 bits per heavy atom. The highest BCUT2D eigenvalue weighted by Crippen LogP contribution is 2.27. The third kappa shape index (κ3) is 2.95. The Morgan fingerprint density at radius 3 is 2.79 bits per heavy atom. The minimum atomic E-state index is 0.258. The predicted molar refractivity (Wildman–Crippen MR) is 59.3 cm³/mol. The Morgan fingerprint density at radius 1 is 1.50 bits per heavy atom. The predicted octanol–water partition coefficient (Wildman–Crippen LogP) is 2.25. The molecule has 0 aliphatic heterocycles. The van der Waals surface area contributed by atoms with Crippen molar-refractivity contribution in [1.82, 2.24) is 4.90 Å². The molecule has 0 aromatic heterocycles. The van der Waals surface area contributed by atoms with E-state index in [9.17, 15) is 4.79 Å². The van der Waals surface area contributed by atoms with E-state index < -0.39 is 0 Å². The van der Waals surface area contributed by atoms with Gasteiger partial charge in [-0.05, 0) is 38.9 Å². The number of hydrogen-bond acceptors (Lipinski definition) is 2. The molecule has 0 aromatic carbocycles. The van der Waals surface area contributed by atoms with Gasteiger partial charge in [0.1, 0.15) is 0 Å². The SMILES string of the molecule is CCCC=C1CCC(CN(C)C)C1=O. The summed E-state index contributed by atoms with van der Waals surface area (Å²) in [6, 6.07) is 0. The molecule has 1 rings (SSSR count). The van der Waals surface area contributed by atoms with E-state index in [0.29, 0.717) is 5.78 Å². The summed E-state index contributed by atoms with van der Waals surface area (Å²) in [5, 5.41) is 0. The maximum atomic E-state index is 11.9. The Bertz CT molecular complexity index is 230. The molecule has 0 saturated heterocycles. The van der Waals surface area contributed by atoms with E-state index >= 15 is 0 Å². The molecule has 1 aliphatic carbocycles. The lowest BCUT2D eigenvalue weighted by atomic mass is 10.1. The number of carbonyl (C=O) groups excluding carboxylic acids is 1. The first-order valence-corrected chi connectivity index (χ1v) is 5.53. The molecule has 0 bridgehead atoms. The fourth-order valence-corrected chi connectivity index (χ4v) is 1.98. The van der Waals surface area contributed by atoms with E-state index in [1.807, 2.05) is 14.1 Å². The van der Waals surface area contributed by atoms with Gasteiger partial charge in [0.25, 0.3) is 0 Å². The van der Waals surface area contributed by atoms with E-state index in [1.54, 1.807) is 0 Å². The molecule has 1 fully saturated rings. The van der Waals surface area contributed by atoms with Crippen LogP contribution in [0.15, 0.2) is 11.6 Å². The van der Waals surface area contributed by atoms with Crippen LogP contribution in [-0.2, 0) is 4.79 Å². The van der Waals surface area contributed by atoms with E-state index in [1.165, 1.54) is 0 Å². The standard InChI is InChI=1S/C12H21NO/c1-4-5-6-10-7-8-11(12(10)14)9-13(2)3/h6,11H,4-5,7-9H2,1-3H3. The first-order chi connectivity index (χ1) is 6.65. The molecule has 2 heteroatoms. The topological polar surface area (TPSA) is 20.3 Å². The van der Waals surface area contributed by atoms with Gasteiger partial charge in [0, 0.05) is 12.5 Å². The highest BCUT2D eigenvalue weighted by molar-refractivity contribution is 5.99. The van der Waals surface area contributed by atoms with Crippen LogP contribution < -0.4 is 0 Å². The number of carbonyl (C=O) groups is 1. The molecule has 2 nitrogen and oxygen atoms in total. The van der Waals surface area contributed by atoms with Gasteiger partial charge in [-0.3, -0.25) is 4.79 Å². The van der Waals surface area contributed by atoms with Crippen LogP contribution in [0.5, 0.6) is 0 Å². The summed E-state index contributed by atoms with van der Waals surface area (Å²) in [4.78, 5) is 14.0. The number of rotatable bonds is 4. The molecule has 0 N–H and O–H groups in total. The molecule has 1 atom stereocenters. The van der Waals surface area contributed by atoms with E-state index in [4.69, 9.17) is 0 Å². The quantitative estimate of drug-likeness (QED) is 0.641. The molecule has 80 valence electrons. The van der Waals surface area contributed by atoms with Gasteiger partial charge in [0.2, 0.25) is 0 Å². The highest BCUT2D eigenvalue weighted by Gasteiger charge is 2.28. The van der Waals surface area contributed by atoms with Crippen molar-refractivity contribution in [3.63, 3.8) is 0 Å². The van der Waals surface area contributed by atoms with Gasteiger partial charge >= 0.3 is 0 Å². The number of ketones is 1. The highest BCUT2D eigenvalue weighted by atomic mass is 16.1. The molecule has 1 saturated carbocycles. The molecule has 0 spiro atoms. The van der Waals surface area contributed by atoms with Crippen LogP contribution in [0, 0.1) is 5.92 Å². The number of Topliss-reactive ketones (excluding diaryl/α,β-unsaturated/α-hetero) is 1. The van der Waals surface area contributed by atoms with Gasteiger partial charge in [-0.1, -0.05) is 19.4 Å². The lowest BCUT2D eigenvalue weighted by Gasteiger charge is -2.13. The number of allylic oxidation sites excluding steroid dienone is 2. The summed E-state index contributed by atoms with van der Waals surface area (Å²) in [7, 11) is 4.06. The molecule has 0 aromatic rings. The van der Waals surface area contributed by atoms with Crippen LogP contribution in [0.4, 0.5) is 0 Å². The molecular formula is C12H21NO. The third-order valence-corrected chi connectivity index (χ3v) is 2.71. The fraction of sp³-hybridized carbons (Fsp3) is 0.750. The summed E-state index contributed by atoms with van der Waals surface area (Å²) in [5.41, 5.74) is 1.08. The molecule has 0 heterocycles. The molecular weight excluding hydrogens is 174 g/mol. The number of hydrogen-bond donors (Lipinski definition) is 0. The zero-order chi connectivity index (χ0) is 10.6. The molecule has 1 unspecified atom stereocenters. The van der Waals surface area contributed by atoms with Crippen molar-refractivity contribution in [2.75, 3.05) is 20.6 Å². The Hall–Kier alpha value is -0.630.